The summed E-state index contributed by atoms with van der Waals surface area (Å²) in [6, 6.07) is 9.02. The molecular weight excluding hydrogens is 292 g/mol. The van der Waals surface area contributed by atoms with Gasteiger partial charge in [-0.05, 0) is 50.7 Å². The fraction of sp³-hybridized carbons (Fsp3) is 0.636. The van der Waals surface area contributed by atoms with Crippen LogP contribution in [0.2, 0.25) is 0 Å². The summed E-state index contributed by atoms with van der Waals surface area (Å²) in [5, 5.41) is 0. The topological polar surface area (TPSA) is 7.68 Å². The van der Waals surface area contributed by atoms with Crippen LogP contribution < -0.4 is 9.80 Å². The van der Waals surface area contributed by atoms with Gasteiger partial charge in [-0.1, -0.05) is 42.7 Å². The van der Waals surface area contributed by atoms with Crippen molar-refractivity contribution in [2.75, 3.05) is 37.6 Å². The molecule has 0 unspecified atom stereocenters. The number of rotatable bonds is 4. The summed E-state index contributed by atoms with van der Waals surface area (Å²) >= 11 is 0. The first-order chi connectivity index (χ1) is 11.5. The zero-order chi connectivity index (χ0) is 17.2. The van der Waals surface area contributed by atoms with E-state index < -0.39 is 0 Å². The summed E-state index contributed by atoms with van der Waals surface area (Å²) in [5.74, 6) is 0. The van der Waals surface area contributed by atoms with Crippen molar-refractivity contribution in [3.63, 3.8) is 0 Å². The predicted octanol–water partition coefficient (Wildman–Crippen LogP) is 3.62. The van der Waals surface area contributed by atoms with E-state index in [1.165, 1.54) is 69.7 Å². The zero-order valence-corrected chi connectivity index (χ0v) is 16.1. The maximum atomic E-state index is 2.55. The first-order valence-electron chi connectivity index (χ1n) is 9.80. The molecule has 1 aliphatic carbocycles. The number of quaternary nitrogens is 1. The molecule has 2 aliphatic rings. The molecule has 1 aromatic carbocycles. The van der Waals surface area contributed by atoms with Crippen molar-refractivity contribution in [1.29, 1.82) is 0 Å². The van der Waals surface area contributed by atoms with E-state index in [4.69, 9.17) is 0 Å². The van der Waals surface area contributed by atoms with E-state index in [-0.39, 0.29) is 0 Å². The number of nitrogens with one attached hydrogen (secondary N) is 1. The van der Waals surface area contributed by atoms with Gasteiger partial charge in [-0.2, -0.15) is 0 Å². The van der Waals surface area contributed by atoms with Crippen LogP contribution in [0, 0.1) is 12.3 Å². The van der Waals surface area contributed by atoms with E-state index in [2.05, 4.69) is 56.9 Å². The van der Waals surface area contributed by atoms with Gasteiger partial charge in [0.1, 0.15) is 0 Å². The van der Waals surface area contributed by atoms with E-state index in [1.54, 1.807) is 16.0 Å². The van der Waals surface area contributed by atoms with Gasteiger partial charge in [0.15, 0.2) is 0 Å². The number of nitrogens with zero attached hydrogens (tertiary/aromatic N) is 1. The van der Waals surface area contributed by atoms with Crippen LogP contribution in [-0.4, -0.2) is 32.7 Å². The van der Waals surface area contributed by atoms with Gasteiger partial charge in [-0.25, -0.2) is 0 Å². The quantitative estimate of drug-likeness (QED) is 0.830. The van der Waals surface area contributed by atoms with Crippen molar-refractivity contribution in [2.24, 2.45) is 5.41 Å². The normalized spacial score (nSPS) is 22.1. The summed E-state index contributed by atoms with van der Waals surface area (Å²) in [5.41, 5.74) is 6.63. The average molecular weight is 328 g/mol. The third kappa shape index (κ3) is 4.03. The van der Waals surface area contributed by atoms with Gasteiger partial charge in [0.05, 0.1) is 32.7 Å². The van der Waals surface area contributed by atoms with Crippen LogP contribution in [0.5, 0.6) is 0 Å². The summed E-state index contributed by atoms with van der Waals surface area (Å²) in [4.78, 5) is 4.35. The molecule has 3 rings (SSSR count). The molecule has 1 aromatic rings. The van der Waals surface area contributed by atoms with E-state index in [0.717, 1.165) is 0 Å². The van der Waals surface area contributed by atoms with Crippen molar-refractivity contribution < 1.29 is 4.90 Å². The fourth-order valence-corrected chi connectivity index (χ4v) is 4.62. The molecule has 0 spiro atoms. The zero-order valence-electron chi connectivity index (χ0n) is 16.1. The van der Waals surface area contributed by atoms with Gasteiger partial charge < -0.3 is 9.80 Å². The number of allylic oxidation sites excluding steroid dienone is 1. The predicted molar refractivity (Wildman–Crippen MR) is 104 cm³/mol. The van der Waals surface area contributed by atoms with Gasteiger partial charge in [0.2, 0.25) is 0 Å². The molecule has 1 saturated heterocycles. The van der Waals surface area contributed by atoms with Crippen molar-refractivity contribution in [2.45, 2.75) is 53.4 Å². The molecule has 0 radical (unpaired) electrons. The Balaban J connectivity index is 1.51. The molecule has 1 aliphatic heterocycles. The van der Waals surface area contributed by atoms with Crippen LogP contribution in [-0.2, 0) is 0 Å². The first-order valence-corrected chi connectivity index (χ1v) is 9.80. The molecule has 1 heterocycles. The maximum Gasteiger partial charge on any atom is 0.0949 e. The third-order valence-corrected chi connectivity index (χ3v) is 6.28. The van der Waals surface area contributed by atoms with Crippen molar-refractivity contribution in [1.82, 2.24) is 0 Å². The minimum absolute atomic E-state index is 0.436. The highest BCUT2D eigenvalue weighted by Gasteiger charge is 2.29. The molecule has 0 amide bonds. The summed E-state index contributed by atoms with van der Waals surface area (Å²) in [7, 11) is 0. The number of aryl methyl sites for hydroxylation is 1. The lowest BCUT2D eigenvalue weighted by Crippen LogP contribution is -3.14. The Kier molecular flexibility index (Phi) is 5.34. The lowest BCUT2D eigenvalue weighted by molar-refractivity contribution is -0.900. The second kappa shape index (κ2) is 7.31. The van der Waals surface area contributed by atoms with E-state index >= 15 is 0 Å². The number of benzene rings is 1. The van der Waals surface area contributed by atoms with Crippen molar-refractivity contribution in [3.8, 4) is 0 Å². The Hall–Kier alpha value is -1.28. The Morgan fingerprint density at radius 1 is 1.04 bits per heavy atom. The van der Waals surface area contributed by atoms with Crippen molar-refractivity contribution in [3.05, 3.63) is 41.0 Å². The Bertz CT molecular complexity index is 574. The summed E-state index contributed by atoms with van der Waals surface area (Å²) in [6.45, 7) is 15.7. The molecule has 0 saturated carbocycles. The second-order valence-electron chi connectivity index (χ2n) is 8.57. The highest BCUT2D eigenvalue weighted by molar-refractivity contribution is 5.47. The molecule has 0 atom stereocenters. The number of piperazine rings is 1. The lowest BCUT2D eigenvalue weighted by Gasteiger charge is -2.37. The van der Waals surface area contributed by atoms with E-state index in [0.29, 0.717) is 5.41 Å². The monoisotopic (exact) mass is 327 g/mol. The minimum atomic E-state index is 0.436. The molecule has 24 heavy (non-hydrogen) atoms. The number of anilines is 1. The Labute approximate surface area is 148 Å². The van der Waals surface area contributed by atoms with E-state index in [9.17, 15) is 0 Å². The summed E-state index contributed by atoms with van der Waals surface area (Å²) < 4.78 is 0. The molecule has 1 fully saturated rings. The largest absolute Gasteiger partial charge is 0.360 e. The Morgan fingerprint density at radius 3 is 2.33 bits per heavy atom. The molecule has 1 N–H and O–H groups in total. The number of hydrogen-bond donors (Lipinski definition) is 1. The van der Waals surface area contributed by atoms with Gasteiger partial charge in [0, 0.05) is 12.1 Å². The van der Waals surface area contributed by atoms with Crippen LogP contribution in [0.4, 0.5) is 5.69 Å². The average Bonchev–Trinajstić information content (AvgIpc) is 2.55. The van der Waals surface area contributed by atoms with Crippen LogP contribution in [0.25, 0.3) is 0 Å². The smallest absolute Gasteiger partial charge is 0.0949 e. The number of hydrogen-bond acceptors (Lipinski definition) is 1. The molecule has 2 heteroatoms. The van der Waals surface area contributed by atoms with Crippen LogP contribution in [0.1, 0.15) is 52.0 Å². The van der Waals surface area contributed by atoms with E-state index in [1.807, 2.05) is 0 Å². The third-order valence-electron chi connectivity index (χ3n) is 6.28. The van der Waals surface area contributed by atoms with Gasteiger partial charge in [0.25, 0.3) is 0 Å². The van der Waals surface area contributed by atoms with Gasteiger partial charge in [-0.3, -0.25) is 0 Å². The SMILES string of the molecule is CC1=C(CC[NH+]2CCN(c3ccc(C)cc3)CC2)C(C)(C)CCC1. The maximum absolute atomic E-state index is 2.55. The first kappa shape index (κ1) is 17.5. The standard InChI is InChI=1S/C22H34N2/c1-18-7-9-20(10-8-18)24-16-14-23(15-17-24)13-11-21-19(2)6-5-12-22(21,3)4/h7-10H,5-6,11-17H2,1-4H3/p+1. The minimum Gasteiger partial charge on any atom is -0.360 e. The highest BCUT2D eigenvalue weighted by Crippen LogP contribution is 2.41. The van der Waals surface area contributed by atoms with Gasteiger partial charge in [-0.15, -0.1) is 0 Å². The van der Waals surface area contributed by atoms with Crippen LogP contribution in [0.15, 0.2) is 35.4 Å². The highest BCUT2D eigenvalue weighted by atomic mass is 15.3. The molecule has 0 bridgehead atoms. The molecule has 132 valence electrons. The molecule has 2 nitrogen and oxygen atoms in total. The van der Waals surface area contributed by atoms with Crippen molar-refractivity contribution >= 4 is 5.69 Å². The summed E-state index contributed by atoms with van der Waals surface area (Å²) in [6.07, 6.45) is 5.38. The fourth-order valence-electron chi connectivity index (χ4n) is 4.62. The van der Waals surface area contributed by atoms with Crippen LogP contribution in [0.3, 0.4) is 0 Å². The van der Waals surface area contributed by atoms with Gasteiger partial charge >= 0.3 is 0 Å². The second-order valence-corrected chi connectivity index (χ2v) is 8.57. The molecular formula is C22H35N2+. The molecule has 0 aromatic heterocycles. The van der Waals surface area contributed by atoms with Crippen LogP contribution >= 0.6 is 0 Å². The lowest BCUT2D eigenvalue weighted by atomic mass is 9.71. The Morgan fingerprint density at radius 2 is 1.71 bits per heavy atom.